The van der Waals surface area contributed by atoms with Crippen LogP contribution in [-0.4, -0.2) is 43.8 Å². The van der Waals surface area contributed by atoms with Crippen LogP contribution >= 0.6 is 23.5 Å². The first kappa shape index (κ1) is 23.5. The van der Waals surface area contributed by atoms with Crippen molar-refractivity contribution < 1.29 is 32.7 Å². The van der Waals surface area contributed by atoms with Crippen molar-refractivity contribution in [3.05, 3.63) is 34.3 Å². The zero-order valence-electron chi connectivity index (χ0n) is 15.2. The van der Waals surface area contributed by atoms with Crippen LogP contribution in [0.25, 0.3) is 0 Å². The lowest BCUT2D eigenvalue weighted by Gasteiger charge is -2.16. The summed E-state index contributed by atoms with van der Waals surface area (Å²) in [7, 11) is -3.23. The number of ether oxygens (including phenoxy) is 1. The fraction of sp³-hybridized carbons (Fsp3) is 0.471. The van der Waals surface area contributed by atoms with Crippen LogP contribution in [0.4, 0.5) is 0 Å². The standard InChI is InChI=1S/C17H23BrNO7P/c1-3-24-27(23,25-4-2)11-5-6-15(20)26-16(21)12-19-17(22)13-7-9-14(18)10-8-13/h7-10H,3-6,11-12H2,1-2H3,(H,19,22). The maximum atomic E-state index is 12.2. The molecule has 0 saturated heterocycles. The third-order valence-corrected chi connectivity index (χ3v) is 5.89. The molecule has 10 heteroatoms. The SMILES string of the molecule is CCOP(=O)(CCCC(=O)OC(=O)CNC(=O)c1ccc(Br)cc1)OCC. The second kappa shape index (κ2) is 12.0. The molecule has 0 aliphatic carbocycles. The van der Waals surface area contributed by atoms with Crippen molar-refractivity contribution in [1.82, 2.24) is 5.32 Å². The van der Waals surface area contributed by atoms with Gasteiger partial charge in [-0.25, -0.2) is 4.79 Å². The van der Waals surface area contributed by atoms with Crippen molar-refractivity contribution >= 4 is 41.4 Å². The van der Waals surface area contributed by atoms with Gasteiger partial charge >= 0.3 is 19.5 Å². The van der Waals surface area contributed by atoms with E-state index in [0.29, 0.717) is 5.56 Å². The molecule has 1 rings (SSSR count). The zero-order chi connectivity index (χ0) is 20.3. The largest absolute Gasteiger partial charge is 0.392 e. The summed E-state index contributed by atoms with van der Waals surface area (Å²) in [5.74, 6) is -2.10. The number of hydrogen-bond donors (Lipinski definition) is 1. The van der Waals surface area contributed by atoms with Crippen LogP contribution in [0.5, 0.6) is 0 Å². The molecular weight excluding hydrogens is 441 g/mol. The minimum absolute atomic E-state index is 0.0538. The van der Waals surface area contributed by atoms with Crippen LogP contribution in [0.15, 0.2) is 28.7 Å². The van der Waals surface area contributed by atoms with Crippen LogP contribution in [0, 0.1) is 0 Å². The minimum Gasteiger partial charge on any atom is -0.392 e. The second-order valence-electron chi connectivity index (χ2n) is 5.31. The predicted octanol–water partition coefficient (Wildman–Crippen LogP) is 3.30. The van der Waals surface area contributed by atoms with Gasteiger partial charge in [-0.1, -0.05) is 15.9 Å². The van der Waals surface area contributed by atoms with Crippen LogP contribution in [0.1, 0.15) is 37.0 Å². The Morgan fingerprint density at radius 3 is 2.19 bits per heavy atom. The van der Waals surface area contributed by atoms with Crippen molar-refractivity contribution in [2.45, 2.75) is 26.7 Å². The van der Waals surface area contributed by atoms with Crippen LogP contribution in [0.3, 0.4) is 0 Å². The molecular formula is C17H23BrNO7P. The minimum atomic E-state index is -3.23. The molecule has 0 unspecified atom stereocenters. The van der Waals surface area contributed by atoms with Gasteiger partial charge in [-0.05, 0) is 44.5 Å². The fourth-order valence-corrected chi connectivity index (χ4v) is 3.98. The summed E-state index contributed by atoms with van der Waals surface area (Å²) in [5.41, 5.74) is 0.375. The maximum Gasteiger partial charge on any atom is 0.333 e. The van der Waals surface area contributed by atoms with Gasteiger partial charge in [-0.3, -0.25) is 14.2 Å². The average Bonchev–Trinajstić information content (AvgIpc) is 2.60. The summed E-state index contributed by atoms with van der Waals surface area (Å²) in [4.78, 5) is 35.2. The van der Waals surface area contributed by atoms with E-state index in [1.54, 1.807) is 38.1 Å². The predicted molar refractivity (Wildman–Crippen MR) is 103 cm³/mol. The number of carbonyl (C=O) groups is 3. The number of nitrogens with one attached hydrogen (secondary N) is 1. The first-order valence-corrected chi connectivity index (χ1v) is 11.0. The lowest BCUT2D eigenvalue weighted by molar-refractivity contribution is -0.158. The summed E-state index contributed by atoms with van der Waals surface area (Å²) >= 11 is 3.26. The van der Waals surface area contributed by atoms with Gasteiger partial charge in [0.2, 0.25) is 0 Å². The molecule has 0 aromatic heterocycles. The van der Waals surface area contributed by atoms with Gasteiger partial charge in [0.1, 0.15) is 6.54 Å². The molecule has 0 aliphatic rings. The van der Waals surface area contributed by atoms with Gasteiger partial charge in [0.25, 0.3) is 5.91 Å². The van der Waals surface area contributed by atoms with Crippen molar-refractivity contribution in [2.75, 3.05) is 25.9 Å². The summed E-state index contributed by atoms with van der Waals surface area (Å²) in [5, 5.41) is 2.37. The van der Waals surface area contributed by atoms with E-state index in [0.717, 1.165) is 4.47 Å². The number of amides is 1. The highest BCUT2D eigenvalue weighted by atomic mass is 79.9. The molecule has 8 nitrogen and oxygen atoms in total. The van der Waals surface area contributed by atoms with Gasteiger partial charge < -0.3 is 19.1 Å². The van der Waals surface area contributed by atoms with E-state index in [4.69, 9.17) is 9.05 Å². The maximum absolute atomic E-state index is 12.2. The van der Waals surface area contributed by atoms with Crippen molar-refractivity contribution in [1.29, 1.82) is 0 Å². The molecule has 0 atom stereocenters. The highest BCUT2D eigenvalue weighted by molar-refractivity contribution is 9.10. The van der Waals surface area contributed by atoms with E-state index in [1.165, 1.54) is 0 Å². The highest BCUT2D eigenvalue weighted by Crippen LogP contribution is 2.48. The summed E-state index contributed by atoms with van der Waals surface area (Å²) in [6.07, 6.45) is 0.128. The number of rotatable bonds is 11. The van der Waals surface area contributed by atoms with Crippen LogP contribution in [0.2, 0.25) is 0 Å². The number of esters is 2. The van der Waals surface area contributed by atoms with Gasteiger partial charge in [-0.15, -0.1) is 0 Å². The number of carbonyl (C=O) groups excluding carboxylic acids is 3. The normalized spacial score (nSPS) is 11.1. The Bertz CT molecular complexity index is 683. The molecule has 1 aromatic rings. The van der Waals surface area contributed by atoms with E-state index < -0.39 is 32.0 Å². The Hall–Kier alpha value is -1.54. The smallest absolute Gasteiger partial charge is 0.333 e. The molecule has 0 radical (unpaired) electrons. The Labute approximate surface area is 166 Å². The summed E-state index contributed by atoms with van der Waals surface area (Å²) < 4.78 is 27.9. The first-order valence-electron chi connectivity index (χ1n) is 8.45. The third-order valence-electron chi connectivity index (χ3n) is 3.19. The van der Waals surface area contributed by atoms with E-state index in [2.05, 4.69) is 26.0 Å². The lowest BCUT2D eigenvalue weighted by Crippen LogP contribution is -2.31. The van der Waals surface area contributed by atoms with Crippen LogP contribution < -0.4 is 5.32 Å². The molecule has 0 heterocycles. The monoisotopic (exact) mass is 463 g/mol. The van der Waals surface area contributed by atoms with Gasteiger partial charge in [0.05, 0.1) is 19.4 Å². The zero-order valence-corrected chi connectivity index (χ0v) is 17.7. The van der Waals surface area contributed by atoms with E-state index in [1.807, 2.05) is 0 Å². The average molecular weight is 464 g/mol. The molecule has 1 N–H and O–H groups in total. The summed E-state index contributed by atoms with van der Waals surface area (Å²) in [6, 6.07) is 6.57. The third kappa shape index (κ3) is 9.28. The highest BCUT2D eigenvalue weighted by Gasteiger charge is 2.23. The first-order chi connectivity index (χ1) is 12.8. The van der Waals surface area contributed by atoms with E-state index >= 15 is 0 Å². The Morgan fingerprint density at radius 2 is 1.63 bits per heavy atom. The van der Waals surface area contributed by atoms with Crippen molar-refractivity contribution in [3.63, 3.8) is 0 Å². The van der Waals surface area contributed by atoms with E-state index in [-0.39, 0.29) is 32.2 Å². The van der Waals surface area contributed by atoms with Crippen molar-refractivity contribution in [2.24, 2.45) is 0 Å². The van der Waals surface area contributed by atoms with Crippen LogP contribution in [-0.2, 0) is 27.9 Å². The Kier molecular flexibility index (Phi) is 10.5. The molecule has 0 aliphatic heterocycles. The molecule has 0 spiro atoms. The van der Waals surface area contributed by atoms with Gasteiger partial charge in [0, 0.05) is 16.5 Å². The number of hydrogen-bond acceptors (Lipinski definition) is 7. The number of benzene rings is 1. The van der Waals surface area contributed by atoms with E-state index in [9.17, 15) is 18.9 Å². The fourth-order valence-electron chi connectivity index (χ4n) is 2.05. The van der Waals surface area contributed by atoms with Crippen molar-refractivity contribution in [3.8, 4) is 0 Å². The molecule has 27 heavy (non-hydrogen) atoms. The van der Waals surface area contributed by atoms with Gasteiger partial charge in [-0.2, -0.15) is 0 Å². The topological polar surface area (TPSA) is 108 Å². The summed E-state index contributed by atoms with van der Waals surface area (Å²) in [6.45, 7) is 3.43. The lowest BCUT2D eigenvalue weighted by atomic mass is 10.2. The Balaban J connectivity index is 2.33. The molecule has 1 amide bonds. The van der Waals surface area contributed by atoms with Gasteiger partial charge in [0.15, 0.2) is 0 Å². The molecule has 0 bridgehead atoms. The molecule has 0 saturated carbocycles. The Morgan fingerprint density at radius 1 is 1.04 bits per heavy atom. The second-order valence-corrected chi connectivity index (χ2v) is 8.41. The molecule has 150 valence electrons. The quantitative estimate of drug-likeness (QED) is 0.304. The molecule has 0 fully saturated rings. The molecule has 1 aromatic carbocycles. The number of halogens is 1.